The van der Waals surface area contributed by atoms with E-state index < -0.39 is 22.8 Å². The molecule has 0 saturated carbocycles. The van der Waals surface area contributed by atoms with Crippen LogP contribution in [-0.2, 0) is 9.59 Å². The number of ether oxygens (including phenoxy) is 2. The molecule has 27 heavy (non-hydrogen) atoms. The third kappa shape index (κ3) is 6.48. The van der Waals surface area contributed by atoms with Gasteiger partial charge in [0.15, 0.2) is 12.7 Å². The molecule has 0 saturated heterocycles. The topological polar surface area (TPSA) is 120 Å². The van der Waals surface area contributed by atoms with Gasteiger partial charge in [0, 0.05) is 17.2 Å². The number of carbonyl (C=O) groups is 2. The van der Waals surface area contributed by atoms with Crippen LogP contribution >= 0.6 is 11.6 Å². The summed E-state index contributed by atoms with van der Waals surface area (Å²) in [6, 6.07) is 11.7. The molecule has 9 nitrogen and oxygen atoms in total. The number of carbonyl (C=O) groups excluding carboxylic acids is 2. The van der Waals surface area contributed by atoms with Crippen molar-refractivity contribution in [2.75, 3.05) is 6.61 Å². The molecular weight excluding hydrogens is 378 g/mol. The van der Waals surface area contributed by atoms with Crippen molar-refractivity contribution in [3.8, 4) is 11.5 Å². The third-order valence-corrected chi connectivity index (χ3v) is 3.49. The summed E-state index contributed by atoms with van der Waals surface area (Å²) in [4.78, 5) is 33.7. The number of nitrogens with zero attached hydrogens (tertiary/aromatic N) is 1. The Hall–Kier alpha value is -3.33. The summed E-state index contributed by atoms with van der Waals surface area (Å²) < 4.78 is 10.6. The fraction of sp³-hybridized carbons (Fsp3) is 0.176. The number of amides is 2. The van der Waals surface area contributed by atoms with E-state index in [0.29, 0.717) is 10.8 Å². The molecule has 2 amide bonds. The highest BCUT2D eigenvalue weighted by atomic mass is 35.5. The molecule has 0 spiro atoms. The first-order chi connectivity index (χ1) is 12.8. The molecular formula is C17H16ClN3O6. The lowest BCUT2D eigenvalue weighted by atomic mass is 10.3. The van der Waals surface area contributed by atoms with E-state index >= 15 is 0 Å². The molecule has 10 heteroatoms. The lowest BCUT2D eigenvalue weighted by molar-refractivity contribution is -0.384. The van der Waals surface area contributed by atoms with Gasteiger partial charge in [-0.2, -0.15) is 0 Å². The number of nitrogens with one attached hydrogen (secondary N) is 2. The summed E-state index contributed by atoms with van der Waals surface area (Å²) in [6.45, 7) is 1.16. The Morgan fingerprint density at radius 1 is 1.07 bits per heavy atom. The highest BCUT2D eigenvalue weighted by molar-refractivity contribution is 6.30. The molecule has 0 aliphatic heterocycles. The monoisotopic (exact) mass is 393 g/mol. The molecule has 0 bridgehead atoms. The number of non-ortho nitro benzene ring substituents is 1. The van der Waals surface area contributed by atoms with Gasteiger partial charge in [0.25, 0.3) is 17.5 Å². The number of benzene rings is 2. The zero-order valence-corrected chi connectivity index (χ0v) is 14.9. The fourth-order valence-electron chi connectivity index (χ4n) is 1.85. The minimum absolute atomic E-state index is 0.0904. The predicted octanol–water partition coefficient (Wildman–Crippen LogP) is 2.24. The Labute approximate surface area is 159 Å². The normalized spacial score (nSPS) is 11.2. The summed E-state index contributed by atoms with van der Waals surface area (Å²) in [5.41, 5.74) is 4.31. The quantitative estimate of drug-likeness (QED) is 0.550. The van der Waals surface area contributed by atoms with Crippen molar-refractivity contribution in [2.24, 2.45) is 0 Å². The van der Waals surface area contributed by atoms with E-state index in [-0.39, 0.29) is 18.0 Å². The minimum atomic E-state index is -0.941. The van der Waals surface area contributed by atoms with Gasteiger partial charge in [-0.25, -0.2) is 0 Å². The Morgan fingerprint density at radius 2 is 1.67 bits per heavy atom. The second-order valence-electron chi connectivity index (χ2n) is 5.29. The lowest BCUT2D eigenvalue weighted by Gasteiger charge is -2.15. The first-order valence-electron chi connectivity index (χ1n) is 7.73. The lowest BCUT2D eigenvalue weighted by Crippen LogP contribution is -2.48. The number of hydrogen-bond acceptors (Lipinski definition) is 6. The standard InChI is InChI=1S/C17H16ClN3O6/c1-11(27-15-8-4-13(5-9-15)21(24)25)17(23)20-19-16(22)10-26-14-6-2-12(18)3-7-14/h2-9,11H,10H2,1H3,(H,19,22)(H,20,23). The Kier molecular flexibility index (Phi) is 6.95. The second kappa shape index (κ2) is 9.39. The van der Waals surface area contributed by atoms with Gasteiger partial charge in [0.1, 0.15) is 11.5 Å². The molecule has 142 valence electrons. The molecule has 0 radical (unpaired) electrons. The molecule has 0 heterocycles. The summed E-state index contributed by atoms with van der Waals surface area (Å²) >= 11 is 5.74. The zero-order valence-electron chi connectivity index (χ0n) is 14.2. The summed E-state index contributed by atoms with van der Waals surface area (Å²) in [5.74, 6) is -0.439. The van der Waals surface area contributed by atoms with E-state index in [2.05, 4.69) is 10.9 Å². The molecule has 2 aromatic carbocycles. The number of rotatable bonds is 7. The smallest absolute Gasteiger partial charge is 0.279 e. The first kappa shape index (κ1) is 20.0. The summed E-state index contributed by atoms with van der Waals surface area (Å²) in [6.07, 6.45) is -0.941. The van der Waals surface area contributed by atoms with Crippen LogP contribution in [0.15, 0.2) is 48.5 Å². The van der Waals surface area contributed by atoms with Gasteiger partial charge in [-0.05, 0) is 43.3 Å². The van der Waals surface area contributed by atoms with Crippen LogP contribution in [0.25, 0.3) is 0 Å². The van der Waals surface area contributed by atoms with Gasteiger partial charge < -0.3 is 9.47 Å². The van der Waals surface area contributed by atoms with Gasteiger partial charge in [0.05, 0.1) is 4.92 Å². The molecule has 2 N–H and O–H groups in total. The van der Waals surface area contributed by atoms with Gasteiger partial charge in [-0.15, -0.1) is 0 Å². The Bertz CT molecular complexity index is 810. The van der Waals surface area contributed by atoms with Crippen LogP contribution < -0.4 is 20.3 Å². The van der Waals surface area contributed by atoms with Crippen LogP contribution in [0, 0.1) is 10.1 Å². The van der Waals surface area contributed by atoms with Crippen molar-refractivity contribution in [1.29, 1.82) is 0 Å². The maximum atomic E-state index is 11.9. The van der Waals surface area contributed by atoms with Crippen LogP contribution in [-0.4, -0.2) is 29.4 Å². The number of nitro groups is 1. The minimum Gasteiger partial charge on any atom is -0.484 e. The van der Waals surface area contributed by atoms with Crippen LogP contribution in [0.1, 0.15) is 6.92 Å². The van der Waals surface area contributed by atoms with E-state index in [1.807, 2.05) is 0 Å². The first-order valence-corrected chi connectivity index (χ1v) is 8.11. The molecule has 0 aliphatic rings. The predicted molar refractivity (Wildman–Crippen MR) is 96.4 cm³/mol. The molecule has 1 unspecified atom stereocenters. The second-order valence-corrected chi connectivity index (χ2v) is 5.73. The number of nitro benzene ring substituents is 1. The summed E-state index contributed by atoms with van der Waals surface area (Å²) in [7, 11) is 0. The van der Waals surface area contributed by atoms with Crippen LogP contribution in [0.5, 0.6) is 11.5 Å². The van der Waals surface area contributed by atoms with E-state index in [0.717, 1.165) is 0 Å². The maximum Gasteiger partial charge on any atom is 0.279 e. The zero-order chi connectivity index (χ0) is 19.8. The van der Waals surface area contributed by atoms with Crippen molar-refractivity contribution < 1.29 is 24.0 Å². The van der Waals surface area contributed by atoms with Crippen molar-refractivity contribution >= 4 is 29.1 Å². The average Bonchev–Trinajstić information content (AvgIpc) is 2.66. The highest BCUT2D eigenvalue weighted by Gasteiger charge is 2.16. The van der Waals surface area contributed by atoms with Crippen molar-refractivity contribution in [3.05, 3.63) is 63.7 Å². The summed E-state index contributed by atoms with van der Waals surface area (Å²) in [5, 5.41) is 11.1. The number of hydrogen-bond donors (Lipinski definition) is 2. The van der Waals surface area contributed by atoms with Crippen molar-refractivity contribution in [3.63, 3.8) is 0 Å². The molecule has 0 aliphatic carbocycles. The largest absolute Gasteiger partial charge is 0.484 e. The van der Waals surface area contributed by atoms with Gasteiger partial charge in [-0.1, -0.05) is 11.6 Å². The van der Waals surface area contributed by atoms with E-state index in [1.165, 1.54) is 31.2 Å². The van der Waals surface area contributed by atoms with Crippen molar-refractivity contribution in [2.45, 2.75) is 13.0 Å². The number of halogens is 1. The fourth-order valence-corrected chi connectivity index (χ4v) is 1.98. The number of hydrazine groups is 1. The van der Waals surface area contributed by atoms with E-state index in [4.69, 9.17) is 21.1 Å². The molecule has 2 aromatic rings. The highest BCUT2D eigenvalue weighted by Crippen LogP contribution is 2.18. The van der Waals surface area contributed by atoms with Gasteiger partial charge >= 0.3 is 0 Å². The third-order valence-electron chi connectivity index (χ3n) is 3.24. The Morgan fingerprint density at radius 3 is 2.26 bits per heavy atom. The van der Waals surface area contributed by atoms with E-state index in [1.54, 1.807) is 24.3 Å². The van der Waals surface area contributed by atoms with Crippen LogP contribution in [0.4, 0.5) is 5.69 Å². The Balaban J connectivity index is 1.74. The molecule has 2 rings (SSSR count). The van der Waals surface area contributed by atoms with Crippen LogP contribution in [0.2, 0.25) is 5.02 Å². The molecule has 0 aromatic heterocycles. The van der Waals surface area contributed by atoms with Gasteiger partial charge in [-0.3, -0.25) is 30.6 Å². The van der Waals surface area contributed by atoms with Gasteiger partial charge in [0.2, 0.25) is 0 Å². The average molecular weight is 394 g/mol. The van der Waals surface area contributed by atoms with Crippen LogP contribution in [0.3, 0.4) is 0 Å². The molecule has 1 atom stereocenters. The maximum absolute atomic E-state index is 11.9. The molecule has 0 fully saturated rings. The SMILES string of the molecule is CC(Oc1ccc([N+](=O)[O-])cc1)C(=O)NNC(=O)COc1ccc(Cl)cc1. The van der Waals surface area contributed by atoms with Crippen molar-refractivity contribution in [1.82, 2.24) is 10.9 Å². The van der Waals surface area contributed by atoms with E-state index in [9.17, 15) is 19.7 Å².